The van der Waals surface area contributed by atoms with Gasteiger partial charge in [-0.15, -0.1) is 0 Å². The molecule has 0 aromatic heterocycles. The lowest BCUT2D eigenvalue weighted by atomic mass is 9.84. The molecule has 188 valence electrons. The first-order chi connectivity index (χ1) is 16.9. The van der Waals surface area contributed by atoms with Crippen LogP contribution in [-0.2, 0) is 0 Å². The number of benzene rings is 2. The van der Waals surface area contributed by atoms with Crippen LogP contribution >= 0.6 is 36.0 Å². The molecule has 6 nitrogen and oxygen atoms in total. The molecule has 0 unspecified atom stereocenters. The maximum Gasteiger partial charge on any atom is 0.334 e. The van der Waals surface area contributed by atoms with Crippen LogP contribution in [0.3, 0.4) is 0 Å². The van der Waals surface area contributed by atoms with Gasteiger partial charge in [0.2, 0.25) is 0 Å². The number of halogens is 2. The smallest absolute Gasteiger partial charge is 0.334 e. The van der Waals surface area contributed by atoms with Crippen LogP contribution in [0.1, 0.15) is 42.5 Å². The van der Waals surface area contributed by atoms with Gasteiger partial charge in [0.1, 0.15) is 0 Å². The van der Waals surface area contributed by atoms with Crippen LogP contribution < -0.4 is 10.2 Å². The molecule has 2 aromatic rings. The standard InChI is InChI=1S/C26H32Cl2N4O2S/c27-22-7-4-8-23(24(22)28)31-17-15-30(16-18-31)14-13-19-9-11-21(12-10-19)29-26(34)32(35)25(33)20-5-2-1-3-6-20/h1-8,19,21,35H,9-18H2,(H,29,34). The van der Waals surface area contributed by atoms with E-state index in [1.807, 2.05) is 24.3 Å². The third-order valence-electron chi connectivity index (χ3n) is 7.08. The van der Waals surface area contributed by atoms with Crippen molar-refractivity contribution in [3.63, 3.8) is 0 Å². The van der Waals surface area contributed by atoms with Gasteiger partial charge < -0.3 is 10.2 Å². The van der Waals surface area contributed by atoms with Crippen molar-refractivity contribution >= 4 is 53.6 Å². The first-order valence-electron chi connectivity index (χ1n) is 12.2. The van der Waals surface area contributed by atoms with Gasteiger partial charge in [-0.3, -0.25) is 9.69 Å². The molecule has 0 atom stereocenters. The monoisotopic (exact) mass is 534 g/mol. The number of anilines is 1. The molecule has 1 heterocycles. The number of thiol groups is 1. The van der Waals surface area contributed by atoms with E-state index in [-0.39, 0.29) is 6.04 Å². The summed E-state index contributed by atoms with van der Waals surface area (Å²) in [6, 6.07) is 14.1. The number of carbonyl (C=O) groups is 2. The van der Waals surface area contributed by atoms with Gasteiger partial charge in [0.05, 0.1) is 15.7 Å². The van der Waals surface area contributed by atoms with Gasteiger partial charge in [0, 0.05) is 37.8 Å². The number of amides is 3. The van der Waals surface area contributed by atoms with Gasteiger partial charge in [-0.1, -0.05) is 60.3 Å². The molecule has 0 radical (unpaired) electrons. The van der Waals surface area contributed by atoms with Gasteiger partial charge in [-0.25, -0.2) is 9.10 Å². The fourth-order valence-electron chi connectivity index (χ4n) is 4.94. The molecule has 3 amide bonds. The van der Waals surface area contributed by atoms with Crippen molar-refractivity contribution in [2.24, 2.45) is 5.92 Å². The summed E-state index contributed by atoms with van der Waals surface area (Å²) in [6.45, 7) is 5.01. The van der Waals surface area contributed by atoms with E-state index < -0.39 is 11.9 Å². The third-order valence-corrected chi connectivity index (χ3v) is 8.25. The zero-order valence-electron chi connectivity index (χ0n) is 19.7. The summed E-state index contributed by atoms with van der Waals surface area (Å²) in [7, 11) is 0. The van der Waals surface area contributed by atoms with Crippen LogP contribution in [0.25, 0.3) is 0 Å². The molecule has 1 N–H and O–H groups in total. The zero-order chi connectivity index (χ0) is 24.8. The second-order valence-electron chi connectivity index (χ2n) is 9.34. The van der Waals surface area contributed by atoms with E-state index in [2.05, 4.69) is 27.9 Å². The summed E-state index contributed by atoms with van der Waals surface area (Å²) in [4.78, 5) is 29.8. The lowest BCUT2D eigenvalue weighted by Gasteiger charge is -2.37. The number of urea groups is 1. The molecule has 1 aliphatic heterocycles. The Morgan fingerprint density at radius 2 is 1.63 bits per heavy atom. The first-order valence-corrected chi connectivity index (χ1v) is 13.4. The molecule has 2 aliphatic rings. The summed E-state index contributed by atoms with van der Waals surface area (Å²) < 4.78 is 0.873. The summed E-state index contributed by atoms with van der Waals surface area (Å²) in [5, 5.41) is 4.21. The summed E-state index contributed by atoms with van der Waals surface area (Å²) >= 11 is 16.7. The van der Waals surface area contributed by atoms with Gasteiger partial charge in [0.15, 0.2) is 0 Å². The minimum Gasteiger partial charge on any atom is -0.368 e. The second kappa shape index (κ2) is 12.3. The first kappa shape index (κ1) is 26.1. The average Bonchev–Trinajstić information content (AvgIpc) is 2.90. The lowest BCUT2D eigenvalue weighted by molar-refractivity contribution is 0.0892. The lowest BCUT2D eigenvalue weighted by Crippen LogP contribution is -2.47. The topological polar surface area (TPSA) is 55.9 Å². The van der Waals surface area contributed by atoms with Crippen LogP contribution in [-0.4, -0.2) is 59.9 Å². The Hall–Kier alpha value is -1.93. The normalized spacial score (nSPS) is 20.9. The average molecular weight is 536 g/mol. The number of nitrogens with zero attached hydrogens (tertiary/aromatic N) is 3. The Balaban J connectivity index is 1.15. The van der Waals surface area contributed by atoms with Gasteiger partial charge >= 0.3 is 6.03 Å². The summed E-state index contributed by atoms with van der Waals surface area (Å²) in [5.74, 6) is 0.250. The summed E-state index contributed by atoms with van der Waals surface area (Å²) in [6.07, 6.45) is 5.20. The van der Waals surface area contributed by atoms with Crippen LogP contribution in [0.15, 0.2) is 48.5 Å². The SMILES string of the molecule is O=C(NC1CCC(CCN2CCN(c3cccc(Cl)c3Cl)CC2)CC1)N(S)C(=O)c1ccccc1. The molecule has 1 aliphatic carbocycles. The number of hydrogen-bond donors (Lipinski definition) is 2. The largest absolute Gasteiger partial charge is 0.368 e. The van der Waals surface area contributed by atoms with Crippen molar-refractivity contribution in [3.8, 4) is 0 Å². The van der Waals surface area contributed by atoms with Crippen molar-refractivity contribution < 1.29 is 9.59 Å². The molecule has 9 heteroatoms. The molecular formula is C26H32Cl2N4O2S. The quantitative estimate of drug-likeness (QED) is 0.462. The van der Waals surface area contributed by atoms with Crippen molar-refractivity contribution in [3.05, 3.63) is 64.1 Å². The Morgan fingerprint density at radius 3 is 2.31 bits per heavy atom. The van der Waals surface area contributed by atoms with E-state index in [1.54, 1.807) is 24.3 Å². The van der Waals surface area contributed by atoms with E-state index >= 15 is 0 Å². The number of hydrogen-bond acceptors (Lipinski definition) is 5. The zero-order valence-corrected chi connectivity index (χ0v) is 22.1. The van der Waals surface area contributed by atoms with Crippen LogP contribution in [0.4, 0.5) is 10.5 Å². The van der Waals surface area contributed by atoms with Crippen molar-refractivity contribution in [1.82, 2.24) is 14.5 Å². The van der Waals surface area contributed by atoms with Gasteiger partial charge in [0.25, 0.3) is 5.91 Å². The fourth-order valence-corrected chi connectivity index (χ4v) is 5.53. The third kappa shape index (κ3) is 6.85. The molecule has 0 bridgehead atoms. The molecule has 1 saturated carbocycles. The molecule has 35 heavy (non-hydrogen) atoms. The van der Waals surface area contributed by atoms with Crippen LogP contribution in [0.5, 0.6) is 0 Å². The van der Waals surface area contributed by atoms with Crippen molar-refractivity contribution in [2.45, 2.75) is 38.1 Å². The maximum absolute atomic E-state index is 12.5. The minimum atomic E-state index is -0.455. The highest BCUT2D eigenvalue weighted by molar-refractivity contribution is 7.79. The highest BCUT2D eigenvalue weighted by Gasteiger charge is 2.27. The Kier molecular flexibility index (Phi) is 9.22. The van der Waals surface area contributed by atoms with Crippen LogP contribution in [0.2, 0.25) is 10.0 Å². The van der Waals surface area contributed by atoms with Crippen LogP contribution in [0, 0.1) is 5.92 Å². The maximum atomic E-state index is 12.5. The molecule has 2 fully saturated rings. The van der Waals surface area contributed by atoms with E-state index in [0.717, 1.165) is 68.4 Å². The molecular weight excluding hydrogens is 503 g/mol. The van der Waals surface area contributed by atoms with E-state index in [9.17, 15) is 9.59 Å². The highest BCUT2D eigenvalue weighted by atomic mass is 35.5. The molecule has 0 spiro atoms. The van der Waals surface area contributed by atoms with Crippen molar-refractivity contribution in [2.75, 3.05) is 37.6 Å². The summed E-state index contributed by atoms with van der Waals surface area (Å²) in [5.41, 5.74) is 1.46. The molecule has 1 saturated heterocycles. The predicted molar refractivity (Wildman–Crippen MR) is 146 cm³/mol. The van der Waals surface area contributed by atoms with Gasteiger partial charge in [-0.2, -0.15) is 0 Å². The number of rotatable bonds is 6. The number of nitrogens with one attached hydrogen (secondary N) is 1. The number of imide groups is 1. The highest BCUT2D eigenvalue weighted by Crippen LogP contribution is 2.33. The van der Waals surface area contributed by atoms with Gasteiger partial charge in [-0.05, 0) is 68.8 Å². The minimum absolute atomic E-state index is 0.0861. The molecule has 2 aromatic carbocycles. The van der Waals surface area contributed by atoms with E-state index in [1.165, 1.54) is 6.42 Å². The second-order valence-corrected chi connectivity index (χ2v) is 10.5. The Labute approximate surface area is 223 Å². The Morgan fingerprint density at radius 1 is 0.943 bits per heavy atom. The number of piperazine rings is 1. The Bertz CT molecular complexity index is 1010. The van der Waals surface area contributed by atoms with E-state index in [0.29, 0.717) is 21.5 Å². The van der Waals surface area contributed by atoms with Crippen molar-refractivity contribution in [1.29, 1.82) is 0 Å². The molecule has 4 rings (SSSR count). The fraction of sp³-hybridized carbons (Fsp3) is 0.462. The number of carbonyl (C=O) groups excluding carboxylic acids is 2. The predicted octanol–water partition coefficient (Wildman–Crippen LogP) is 5.76. The van der Waals surface area contributed by atoms with E-state index in [4.69, 9.17) is 23.2 Å².